The molecule has 1 aliphatic heterocycles. The molecule has 4 N–H and O–H groups in total. The topological polar surface area (TPSA) is 73.5 Å². The molecule has 2 unspecified atom stereocenters. The van der Waals surface area contributed by atoms with Crippen LogP contribution in [0.5, 0.6) is 5.75 Å². The van der Waals surface area contributed by atoms with Crippen LogP contribution < -0.4 is 20.5 Å². The number of anilines is 2. The Kier molecular flexibility index (Phi) is 10.5. The van der Waals surface area contributed by atoms with E-state index in [2.05, 4.69) is 35.3 Å². The van der Waals surface area contributed by atoms with Gasteiger partial charge in [-0.1, -0.05) is 12.0 Å². The molecule has 1 fully saturated rings. The van der Waals surface area contributed by atoms with E-state index in [0.717, 1.165) is 41.1 Å². The minimum absolute atomic E-state index is 0.119. The van der Waals surface area contributed by atoms with Gasteiger partial charge in [-0.25, -0.2) is 0 Å². The molecule has 2 heterocycles. The molecule has 0 saturated carbocycles. The number of ether oxygens (including phenoxy) is 2. The monoisotopic (exact) mass is 558 g/mol. The van der Waals surface area contributed by atoms with Crippen LogP contribution in [0.25, 0.3) is 10.9 Å². The fraction of sp³-hybridized carbons (Fsp3) is 0.379. The summed E-state index contributed by atoms with van der Waals surface area (Å²) >= 11 is 1.11. The second-order valence-electron chi connectivity index (χ2n) is 9.17. The Labute approximate surface area is 231 Å². The van der Waals surface area contributed by atoms with Gasteiger partial charge in [0.15, 0.2) is 0 Å². The van der Waals surface area contributed by atoms with Crippen LogP contribution in [0.15, 0.2) is 47.4 Å². The van der Waals surface area contributed by atoms with Gasteiger partial charge in [-0.05, 0) is 81.0 Å². The van der Waals surface area contributed by atoms with Crippen molar-refractivity contribution >= 4 is 34.2 Å². The molecular formula is C29H33F3N4O2S. The first-order valence-electron chi connectivity index (χ1n) is 12.4. The van der Waals surface area contributed by atoms with Gasteiger partial charge in [-0.15, -0.1) is 12.8 Å². The van der Waals surface area contributed by atoms with Crippen molar-refractivity contribution in [3.63, 3.8) is 0 Å². The highest BCUT2D eigenvalue weighted by molar-refractivity contribution is 7.97. The molecule has 2 aromatic carbocycles. The van der Waals surface area contributed by atoms with E-state index in [1.807, 2.05) is 32.0 Å². The number of terminal acetylenes is 1. The zero-order chi connectivity index (χ0) is 28.6. The summed E-state index contributed by atoms with van der Waals surface area (Å²) in [4.78, 5) is 0.847. The van der Waals surface area contributed by atoms with Crippen molar-refractivity contribution in [1.29, 1.82) is 0 Å². The smallest absolute Gasteiger partial charge is 0.406 e. The molecule has 208 valence electrons. The maximum atomic E-state index is 13.5. The first kappa shape index (κ1) is 30.1. The number of methoxy groups -OCH3 is 1. The Bertz CT molecular complexity index is 1330. The van der Waals surface area contributed by atoms with Gasteiger partial charge < -0.3 is 24.7 Å². The van der Waals surface area contributed by atoms with Crippen LogP contribution in [0.1, 0.15) is 32.4 Å². The van der Waals surface area contributed by atoms with Gasteiger partial charge in [0.05, 0.1) is 42.8 Å². The van der Waals surface area contributed by atoms with Crippen LogP contribution in [0.4, 0.5) is 24.5 Å². The molecular weight excluding hydrogens is 525 g/mol. The minimum Gasteiger partial charge on any atom is -0.495 e. The fourth-order valence-corrected chi connectivity index (χ4v) is 5.09. The average molecular weight is 559 g/mol. The fourth-order valence-electron chi connectivity index (χ4n) is 4.77. The molecule has 2 atom stereocenters. The van der Waals surface area contributed by atoms with Gasteiger partial charge in [0.2, 0.25) is 0 Å². The molecule has 0 amide bonds. The summed E-state index contributed by atoms with van der Waals surface area (Å²) in [6.07, 6.45) is 5.51. The summed E-state index contributed by atoms with van der Waals surface area (Å²) in [5.41, 5.74) is 2.31. The number of nitrogens with two attached hydrogens (primary N) is 1. The molecule has 6 nitrogen and oxygen atoms in total. The molecule has 0 bridgehead atoms. The third-order valence-corrected chi connectivity index (χ3v) is 6.76. The van der Waals surface area contributed by atoms with Crippen LogP contribution in [0.2, 0.25) is 0 Å². The van der Waals surface area contributed by atoms with Crippen molar-refractivity contribution in [2.24, 2.45) is 5.14 Å². The Hall–Kier alpha value is -3.44. The normalized spacial score (nSPS) is 18.8. The van der Waals surface area contributed by atoms with Crippen molar-refractivity contribution in [2.45, 2.75) is 62.6 Å². The lowest BCUT2D eigenvalue weighted by molar-refractivity contribution is -0.140. The van der Waals surface area contributed by atoms with Crippen molar-refractivity contribution < 1.29 is 22.6 Å². The van der Waals surface area contributed by atoms with Gasteiger partial charge in [-0.2, -0.15) is 13.2 Å². The highest BCUT2D eigenvalue weighted by Crippen LogP contribution is 2.32. The maximum Gasteiger partial charge on any atom is 0.406 e. The van der Waals surface area contributed by atoms with Crippen LogP contribution >= 0.6 is 11.9 Å². The number of hydrogen-bond acceptors (Lipinski definition) is 6. The van der Waals surface area contributed by atoms with E-state index in [9.17, 15) is 13.2 Å². The summed E-state index contributed by atoms with van der Waals surface area (Å²) in [5.74, 6) is 6.50. The number of rotatable bonds is 7. The molecule has 10 heteroatoms. The lowest BCUT2D eigenvalue weighted by Crippen LogP contribution is -2.36. The molecule has 0 aliphatic carbocycles. The second-order valence-corrected chi connectivity index (χ2v) is 9.88. The summed E-state index contributed by atoms with van der Waals surface area (Å²) in [5, 5.41) is 13.0. The quantitative estimate of drug-likeness (QED) is 0.235. The summed E-state index contributed by atoms with van der Waals surface area (Å²) < 4.78 is 53.0. The van der Waals surface area contributed by atoms with E-state index in [1.54, 1.807) is 31.4 Å². The van der Waals surface area contributed by atoms with E-state index in [0.29, 0.717) is 22.3 Å². The molecule has 0 spiro atoms. The number of benzene rings is 2. The van der Waals surface area contributed by atoms with E-state index >= 15 is 0 Å². The zero-order valence-electron chi connectivity index (χ0n) is 22.1. The number of nitrogens with zero attached hydrogens (tertiary/aromatic N) is 1. The molecule has 1 aromatic heterocycles. The first-order chi connectivity index (χ1) is 18.7. The highest BCUT2D eigenvalue weighted by Gasteiger charge is 2.30. The third-order valence-electron chi connectivity index (χ3n) is 6.23. The van der Waals surface area contributed by atoms with Gasteiger partial charge >= 0.3 is 6.18 Å². The molecule has 3 aromatic rings. The predicted molar refractivity (Wildman–Crippen MR) is 153 cm³/mol. The van der Waals surface area contributed by atoms with Crippen LogP contribution in [0.3, 0.4) is 0 Å². The number of fused-ring (bicyclic) bond motifs is 1. The number of alkyl halides is 3. The zero-order valence-corrected chi connectivity index (χ0v) is 23.0. The lowest BCUT2D eigenvalue weighted by Gasteiger charge is -2.33. The van der Waals surface area contributed by atoms with Gasteiger partial charge in [-0.3, -0.25) is 5.14 Å². The Balaban J connectivity index is 0.00000205. The molecule has 4 rings (SSSR count). The third kappa shape index (κ3) is 8.03. The number of aromatic nitrogens is 1. The van der Waals surface area contributed by atoms with E-state index in [4.69, 9.17) is 14.6 Å². The highest BCUT2D eigenvalue weighted by atomic mass is 32.2. The maximum absolute atomic E-state index is 13.5. The van der Waals surface area contributed by atoms with Crippen LogP contribution in [-0.4, -0.2) is 42.6 Å². The van der Waals surface area contributed by atoms with Gasteiger partial charge in [0, 0.05) is 22.0 Å². The van der Waals surface area contributed by atoms with Crippen molar-refractivity contribution in [2.75, 3.05) is 24.3 Å². The van der Waals surface area contributed by atoms with Gasteiger partial charge in [0.25, 0.3) is 0 Å². The average Bonchev–Trinajstić information content (AvgIpc) is 3.24. The lowest BCUT2D eigenvalue weighted by atomic mass is 9.99. The summed E-state index contributed by atoms with van der Waals surface area (Å²) in [6.45, 7) is 3.18. The van der Waals surface area contributed by atoms with Crippen molar-refractivity contribution in [1.82, 2.24) is 4.57 Å². The number of halogens is 3. The number of hydrogen-bond donors (Lipinski definition) is 3. The van der Waals surface area contributed by atoms with E-state index in [1.165, 1.54) is 4.57 Å². The Morgan fingerprint density at radius 1 is 1.13 bits per heavy atom. The Morgan fingerprint density at radius 2 is 1.85 bits per heavy atom. The van der Waals surface area contributed by atoms with Crippen molar-refractivity contribution in [3.8, 4) is 30.4 Å². The van der Waals surface area contributed by atoms with E-state index in [-0.39, 0.29) is 24.8 Å². The SMILES string of the molecule is C#C.COc1cc(SN)ccc1NCC#Cc1cc2c(NC3CC(C)OC(C)C3)cccc2n1CC(F)(F)F. The minimum atomic E-state index is -4.38. The molecule has 39 heavy (non-hydrogen) atoms. The Morgan fingerprint density at radius 3 is 2.49 bits per heavy atom. The second kappa shape index (κ2) is 13.6. The summed E-state index contributed by atoms with van der Waals surface area (Å²) in [7, 11) is 1.56. The molecule has 1 saturated heterocycles. The predicted octanol–water partition coefficient (Wildman–Crippen LogP) is 6.26. The summed E-state index contributed by atoms with van der Waals surface area (Å²) in [6, 6.07) is 12.8. The van der Waals surface area contributed by atoms with Crippen LogP contribution in [0, 0.1) is 24.7 Å². The first-order valence-corrected chi connectivity index (χ1v) is 13.3. The van der Waals surface area contributed by atoms with E-state index < -0.39 is 12.7 Å². The standard InChI is InChI=1S/C27H31F3N4O2S.C2H2/c1-17-12-19(13-18(2)36-17)33-23-7-4-8-25-22(23)14-20(34(25)16-27(28,29)30)6-5-11-32-24-10-9-21(37-31)15-26(24)35-3;1-2/h4,7-10,14-15,17-19,32-33H,11-13,16,31H2,1-3H3;1-2H. The molecule has 0 radical (unpaired) electrons. The van der Waals surface area contributed by atoms with Crippen LogP contribution in [-0.2, 0) is 11.3 Å². The molecule has 1 aliphatic rings. The van der Waals surface area contributed by atoms with Gasteiger partial charge in [0.1, 0.15) is 12.3 Å². The number of nitrogens with one attached hydrogen (secondary N) is 2. The van der Waals surface area contributed by atoms with Crippen molar-refractivity contribution in [3.05, 3.63) is 48.2 Å². The largest absolute Gasteiger partial charge is 0.495 e.